The highest BCUT2D eigenvalue weighted by atomic mass is 19.1. The fourth-order valence-corrected chi connectivity index (χ4v) is 1.85. The van der Waals surface area contributed by atoms with Crippen molar-refractivity contribution in [1.82, 2.24) is 10.3 Å². The molecule has 0 radical (unpaired) electrons. The molecule has 0 bridgehead atoms. The van der Waals surface area contributed by atoms with Crippen LogP contribution in [0.1, 0.15) is 24.5 Å². The van der Waals surface area contributed by atoms with Gasteiger partial charge in [-0.15, -0.1) is 0 Å². The van der Waals surface area contributed by atoms with Crippen molar-refractivity contribution in [2.24, 2.45) is 0 Å². The van der Waals surface area contributed by atoms with Gasteiger partial charge in [-0.3, -0.25) is 0 Å². The normalized spacial score (nSPS) is 10.5. The summed E-state index contributed by atoms with van der Waals surface area (Å²) in [5.74, 6) is 0.299. The summed E-state index contributed by atoms with van der Waals surface area (Å²) < 4.78 is 19.2. The van der Waals surface area contributed by atoms with Gasteiger partial charge in [0.25, 0.3) is 0 Å². The maximum atomic E-state index is 13.5. The van der Waals surface area contributed by atoms with Gasteiger partial charge < -0.3 is 10.1 Å². The molecule has 0 unspecified atom stereocenters. The molecule has 0 aliphatic heterocycles. The minimum atomic E-state index is -0.255. The average molecular weight is 274 g/mol. The number of hydrogen-bond acceptors (Lipinski definition) is 3. The molecule has 0 spiro atoms. The van der Waals surface area contributed by atoms with Gasteiger partial charge in [0.1, 0.15) is 12.4 Å². The molecule has 0 aliphatic carbocycles. The molecule has 4 heteroatoms. The SMILES string of the molecule is CCCNCc1cccnc1OCc1ccccc1F. The predicted molar refractivity (Wildman–Crippen MR) is 77.0 cm³/mol. The third-order valence-corrected chi connectivity index (χ3v) is 2.91. The molecular weight excluding hydrogens is 255 g/mol. The number of nitrogens with zero attached hydrogens (tertiary/aromatic N) is 1. The van der Waals surface area contributed by atoms with E-state index in [2.05, 4.69) is 17.2 Å². The summed E-state index contributed by atoms with van der Waals surface area (Å²) in [5.41, 5.74) is 1.52. The van der Waals surface area contributed by atoms with E-state index in [0.717, 1.165) is 18.5 Å². The Hall–Kier alpha value is -1.94. The van der Waals surface area contributed by atoms with Crippen LogP contribution < -0.4 is 10.1 Å². The standard InChI is InChI=1S/C16H19FN2O/c1-2-9-18-11-13-7-5-10-19-16(13)20-12-14-6-3-4-8-15(14)17/h3-8,10,18H,2,9,11-12H2,1H3. The number of nitrogens with one attached hydrogen (secondary N) is 1. The van der Waals surface area contributed by atoms with Gasteiger partial charge in [-0.25, -0.2) is 9.37 Å². The summed E-state index contributed by atoms with van der Waals surface area (Å²) in [6.45, 7) is 3.95. The fourth-order valence-electron chi connectivity index (χ4n) is 1.85. The lowest BCUT2D eigenvalue weighted by molar-refractivity contribution is 0.284. The lowest BCUT2D eigenvalue weighted by Gasteiger charge is -2.11. The Labute approximate surface area is 118 Å². The lowest BCUT2D eigenvalue weighted by Crippen LogP contribution is -2.15. The van der Waals surface area contributed by atoms with Gasteiger partial charge in [-0.2, -0.15) is 0 Å². The van der Waals surface area contributed by atoms with Crippen molar-refractivity contribution in [3.63, 3.8) is 0 Å². The number of rotatable bonds is 7. The minimum Gasteiger partial charge on any atom is -0.472 e. The first-order chi connectivity index (χ1) is 9.81. The Morgan fingerprint density at radius 3 is 2.75 bits per heavy atom. The lowest BCUT2D eigenvalue weighted by atomic mass is 10.2. The molecule has 20 heavy (non-hydrogen) atoms. The summed E-state index contributed by atoms with van der Waals surface area (Å²) in [4.78, 5) is 4.22. The Balaban J connectivity index is 2.00. The number of benzene rings is 1. The number of halogens is 1. The zero-order chi connectivity index (χ0) is 14.2. The zero-order valence-electron chi connectivity index (χ0n) is 11.6. The second-order valence-corrected chi connectivity index (χ2v) is 4.52. The van der Waals surface area contributed by atoms with Crippen LogP contribution in [-0.4, -0.2) is 11.5 Å². The highest BCUT2D eigenvalue weighted by Gasteiger charge is 2.06. The summed E-state index contributed by atoms with van der Waals surface area (Å²) in [5, 5.41) is 3.31. The van der Waals surface area contributed by atoms with E-state index < -0.39 is 0 Å². The van der Waals surface area contributed by atoms with Crippen LogP contribution in [0.15, 0.2) is 42.6 Å². The molecule has 0 atom stereocenters. The van der Waals surface area contributed by atoms with Crippen molar-refractivity contribution >= 4 is 0 Å². The molecule has 1 heterocycles. The molecule has 106 valence electrons. The van der Waals surface area contributed by atoms with Gasteiger partial charge in [-0.05, 0) is 25.1 Å². The largest absolute Gasteiger partial charge is 0.472 e. The molecule has 2 rings (SSSR count). The molecular formula is C16H19FN2O. The Morgan fingerprint density at radius 1 is 1.15 bits per heavy atom. The molecule has 3 nitrogen and oxygen atoms in total. The van der Waals surface area contributed by atoms with Crippen LogP contribution in [0.4, 0.5) is 4.39 Å². The van der Waals surface area contributed by atoms with E-state index >= 15 is 0 Å². The molecule has 0 amide bonds. The molecule has 0 saturated heterocycles. The highest BCUT2D eigenvalue weighted by molar-refractivity contribution is 5.26. The highest BCUT2D eigenvalue weighted by Crippen LogP contribution is 2.16. The molecule has 1 aromatic heterocycles. The van der Waals surface area contributed by atoms with Crippen molar-refractivity contribution in [3.05, 3.63) is 59.5 Å². The van der Waals surface area contributed by atoms with Crippen molar-refractivity contribution in [3.8, 4) is 5.88 Å². The molecule has 0 saturated carbocycles. The van der Waals surface area contributed by atoms with E-state index in [1.807, 2.05) is 12.1 Å². The molecule has 1 aromatic carbocycles. The zero-order valence-corrected chi connectivity index (χ0v) is 11.6. The summed E-state index contributed by atoms with van der Waals surface area (Å²) >= 11 is 0. The Bertz CT molecular complexity index is 546. The maximum Gasteiger partial charge on any atom is 0.218 e. The smallest absolute Gasteiger partial charge is 0.218 e. The van der Waals surface area contributed by atoms with Gasteiger partial charge in [0.05, 0.1) is 0 Å². The first-order valence-electron chi connectivity index (χ1n) is 6.82. The van der Waals surface area contributed by atoms with Crippen LogP contribution >= 0.6 is 0 Å². The first kappa shape index (κ1) is 14.5. The monoisotopic (exact) mass is 274 g/mol. The van der Waals surface area contributed by atoms with E-state index in [9.17, 15) is 4.39 Å². The Kier molecular flexibility index (Phi) is 5.50. The Morgan fingerprint density at radius 2 is 1.95 bits per heavy atom. The van der Waals surface area contributed by atoms with E-state index in [1.54, 1.807) is 24.4 Å². The molecule has 2 aromatic rings. The van der Waals surface area contributed by atoms with Crippen LogP contribution in [0, 0.1) is 5.82 Å². The maximum absolute atomic E-state index is 13.5. The van der Waals surface area contributed by atoms with Crippen molar-refractivity contribution in [1.29, 1.82) is 0 Å². The second-order valence-electron chi connectivity index (χ2n) is 4.52. The van der Waals surface area contributed by atoms with Crippen LogP contribution in [0.25, 0.3) is 0 Å². The molecule has 0 aliphatic rings. The van der Waals surface area contributed by atoms with Crippen molar-refractivity contribution in [2.45, 2.75) is 26.5 Å². The van der Waals surface area contributed by atoms with Gasteiger partial charge in [0.15, 0.2) is 0 Å². The van der Waals surface area contributed by atoms with Crippen molar-refractivity contribution in [2.75, 3.05) is 6.54 Å². The average Bonchev–Trinajstić information content (AvgIpc) is 2.48. The number of aromatic nitrogens is 1. The minimum absolute atomic E-state index is 0.185. The van der Waals surface area contributed by atoms with E-state index in [0.29, 0.717) is 18.0 Å². The fraction of sp³-hybridized carbons (Fsp3) is 0.312. The summed E-state index contributed by atoms with van der Waals surface area (Å²) in [6.07, 6.45) is 2.76. The second kappa shape index (κ2) is 7.60. The number of hydrogen-bond donors (Lipinski definition) is 1. The number of ether oxygens (including phenoxy) is 1. The van der Waals surface area contributed by atoms with Gasteiger partial charge in [0.2, 0.25) is 5.88 Å². The van der Waals surface area contributed by atoms with Crippen LogP contribution in [0.5, 0.6) is 5.88 Å². The predicted octanol–water partition coefficient (Wildman–Crippen LogP) is 3.30. The molecule has 1 N–H and O–H groups in total. The summed E-state index contributed by atoms with van der Waals surface area (Å²) in [6, 6.07) is 10.4. The number of pyridine rings is 1. The van der Waals surface area contributed by atoms with E-state index in [4.69, 9.17) is 4.74 Å². The first-order valence-corrected chi connectivity index (χ1v) is 6.82. The topological polar surface area (TPSA) is 34.2 Å². The van der Waals surface area contributed by atoms with Crippen LogP contribution in [0.3, 0.4) is 0 Å². The summed E-state index contributed by atoms with van der Waals surface area (Å²) in [7, 11) is 0. The third-order valence-electron chi connectivity index (χ3n) is 2.91. The van der Waals surface area contributed by atoms with E-state index in [1.165, 1.54) is 6.07 Å². The van der Waals surface area contributed by atoms with Gasteiger partial charge in [0, 0.05) is 23.9 Å². The van der Waals surface area contributed by atoms with E-state index in [-0.39, 0.29) is 12.4 Å². The quantitative estimate of drug-likeness (QED) is 0.787. The molecule has 0 fully saturated rings. The van der Waals surface area contributed by atoms with Crippen molar-refractivity contribution < 1.29 is 9.13 Å². The van der Waals surface area contributed by atoms with Crippen LogP contribution in [-0.2, 0) is 13.2 Å². The van der Waals surface area contributed by atoms with Gasteiger partial charge >= 0.3 is 0 Å². The van der Waals surface area contributed by atoms with Gasteiger partial charge in [-0.1, -0.05) is 31.2 Å². The van der Waals surface area contributed by atoms with Crippen LogP contribution in [0.2, 0.25) is 0 Å². The third kappa shape index (κ3) is 4.03.